The van der Waals surface area contributed by atoms with Gasteiger partial charge in [-0.2, -0.15) is 46.8 Å². The van der Waals surface area contributed by atoms with Gasteiger partial charge in [0, 0.05) is 20.1 Å². The molecule has 5 heterocycles. The van der Waals surface area contributed by atoms with Crippen molar-refractivity contribution in [2.24, 2.45) is 0 Å². The second-order valence-corrected chi connectivity index (χ2v) is 21.3. The van der Waals surface area contributed by atoms with Gasteiger partial charge in [0.05, 0.1) is 13.2 Å². The van der Waals surface area contributed by atoms with E-state index in [1.165, 1.54) is 17.6 Å². The second-order valence-electron chi connectivity index (χ2n) is 15.9. The first kappa shape index (κ1) is 64.7. The minimum atomic E-state index is -6.09. The first-order valence-corrected chi connectivity index (χ1v) is 27.4. The summed E-state index contributed by atoms with van der Waals surface area (Å²) in [4.78, 5) is 36.4. The normalized spacial score (nSPS) is 38.2. The molecule has 5 rings (SSSR count). The molecule has 5 aliphatic heterocycles. The molecule has 15 N–H and O–H groups in total. The van der Waals surface area contributed by atoms with E-state index in [2.05, 4.69) is 16.7 Å². The third-order valence-electron chi connectivity index (χ3n) is 10.5. The van der Waals surface area contributed by atoms with Crippen LogP contribution in [0.1, 0.15) is 19.8 Å². The maximum absolute atomic E-state index is 12.7. The molecule has 5 aliphatic rings. The quantitative estimate of drug-likeness (QED) is 0.0475. The van der Waals surface area contributed by atoms with Crippen molar-refractivity contribution in [2.75, 3.05) is 26.4 Å². The number of rotatable bonds is 21. The van der Waals surface area contributed by atoms with Crippen molar-refractivity contribution in [2.45, 2.75) is 142 Å². The van der Waals surface area contributed by atoms with Gasteiger partial charge in [-0.05, 0) is 12.8 Å². The van der Waals surface area contributed by atoms with Crippen molar-refractivity contribution < 1.29 is 175 Å². The molecule has 5 fully saturated rings. The summed E-state index contributed by atoms with van der Waals surface area (Å²) in [5.74, 6) is -5.49. The van der Waals surface area contributed by atoms with Crippen LogP contribution in [0.25, 0.3) is 0 Å². The van der Waals surface area contributed by atoms with Crippen LogP contribution in [0.5, 0.6) is 0 Å². The van der Waals surface area contributed by atoms with Crippen LogP contribution in [0.3, 0.4) is 0 Å². The molecular formula is C30H50N2O38S5. The van der Waals surface area contributed by atoms with Gasteiger partial charge in [-0.1, -0.05) is 0 Å². The molecule has 0 aromatic carbocycles. The van der Waals surface area contributed by atoms with Crippen LogP contribution in [0.15, 0.2) is 0 Å². The van der Waals surface area contributed by atoms with E-state index < -0.39 is 206 Å². The molecule has 20 atom stereocenters. The van der Waals surface area contributed by atoms with Gasteiger partial charge < -0.3 is 84.1 Å². The van der Waals surface area contributed by atoms with Crippen molar-refractivity contribution >= 4 is 69.7 Å². The zero-order valence-electron chi connectivity index (χ0n) is 37.4. The fourth-order valence-electron chi connectivity index (χ4n) is 7.56. The first-order valence-electron chi connectivity index (χ1n) is 20.5. The van der Waals surface area contributed by atoms with Crippen LogP contribution >= 0.6 is 0 Å². The van der Waals surface area contributed by atoms with Crippen LogP contribution in [0.2, 0.25) is 0 Å². The smallest absolute Gasteiger partial charge is 0.397 e. The predicted octanol–water partition coefficient (Wildman–Crippen LogP) is -9.92. The molecule has 45 heteroatoms. The molecule has 0 bridgehead atoms. The third kappa shape index (κ3) is 18.9. The third-order valence-corrected chi connectivity index (χ3v) is 12.9. The molecule has 1 amide bonds. The van der Waals surface area contributed by atoms with Crippen molar-refractivity contribution in [3.63, 3.8) is 0 Å². The minimum Gasteiger partial charge on any atom is -0.479 e. The van der Waals surface area contributed by atoms with E-state index in [0.717, 1.165) is 20.1 Å². The van der Waals surface area contributed by atoms with E-state index in [-0.39, 0.29) is 0 Å². The number of nitrogens with one attached hydrogen (secondary N) is 2. The molecule has 75 heavy (non-hydrogen) atoms. The molecule has 0 aromatic rings. The average Bonchev–Trinajstić information content (AvgIpc) is 3.85. The monoisotopic (exact) mass is 1210 g/mol. The number of ether oxygens (including phenoxy) is 8. The Morgan fingerprint density at radius 2 is 1.01 bits per heavy atom. The Kier molecular flexibility index (Phi) is 22.4. The van der Waals surface area contributed by atoms with Crippen LogP contribution in [0, 0.1) is 0 Å². The van der Waals surface area contributed by atoms with Crippen molar-refractivity contribution in [1.82, 2.24) is 10.0 Å². The van der Waals surface area contributed by atoms with Crippen LogP contribution in [-0.2, 0) is 121 Å². The van der Waals surface area contributed by atoms with Gasteiger partial charge >= 0.3 is 63.8 Å². The number of aliphatic hydroxyl groups excluding tert-OH is 6. The standard InChI is InChI=1S/C26H42N2O37S5.C4H8O/c1-4(30)27-7-9(31)13(6(56-23(7)39)3-55-67(43,44)45)58-26-19(65-70(52,53)54)12(34)16(20(62-26)22(37)38)60-24-8(28-66(40,41)42)15(63-68(46,47)48)14(5(2-29)57-24)59-25-18(64-69(49,50)51)11(33)10(32)17(61-25)21(35)36;1-2-4-5-3-1/h5-20,23-26,28-29,31-34,39H,2-3H2,1H3,(H,27,30)(H,35,36)(H,37,38)(H,40,41,42)(H,43,44,45)(H,46,47,48)(H,49,50,51)(H,52,53,54);1-4H2/t5-,6+,7-,8-,9-,10-,11-,12+,13-,14-,15-,16+,17-,18+,19-,20+,23-,24+,25+,26-;/m1./s1. The number of carbonyl (C=O) groups is 3. The van der Waals surface area contributed by atoms with Crippen molar-refractivity contribution in [1.29, 1.82) is 0 Å². The number of hydrogen-bond acceptors (Lipinski definition) is 31. The summed E-state index contributed by atoms with van der Waals surface area (Å²) in [5.41, 5.74) is 0. The SMILES string of the molecule is C1CCOC1.CC(=O)N[C@@H]1[C@@H](O)[C@H](O[C@@H]2O[C@H](C(=O)O)[C@@H](O[C@@H]3O[C@H](CO)[C@@H](O[C@H]4O[C@@H](C(=O)O)[C@H](O)[C@@H](O)[C@@H]4OS(=O)(=O)O)[C@H](OS(=O)(=O)O)[C@H]3NS(=O)(=O)O)[C@H](O)[C@H]2OS(=O)(=O)O)[C@H](COS(=O)(=O)O)O[C@H]1O. The van der Waals surface area contributed by atoms with E-state index in [1.807, 2.05) is 5.32 Å². The number of amides is 1. The Balaban J connectivity index is 0.00000229. The fraction of sp³-hybridized carbons (Fsp3) is 0.900. The fourth-order valence-corrected chi connectivity index (χ4v) is 9.94. The molecule has 438 valence electrons. The highest BCUT2D eigenvalue weighted by Gasteiger charge is 2.60. The zero-order valence-corrected chi connectivity index (χ0v) is 41.4. The molecule has 5 saturated heterocycles. The summed E-state index contributed by atoms with van der Waals surface area (Å²) < 4.78 is 227. The van der Waals surface area contributed by atoms with Gasteiger partial charge in [0.2, 0.25) is 5.91 Å². The molecule has 0 radical (unpaired) electrons. The lowest BCUT2D eigenvalue weighted by molar-refractivity contribution is -0.366. The topological polar surface area (TPSA) is 620 Å². The van der Waals surface area contributed by atoms with E-state index in [9.17, 15) is 116 Å². The molecule has 0 spiro atoms. The summed E-state index contributed by atoms with van der Waals surface area (Å²) in [7, 11) is -29.1. The number of aliphatic hydroxyl groups is 6. The molecule has 0 aromatic heterocycles. The van der Waals surface area contributed by atoms with E-state index in [4.69, 9.17) is 42.4 Å². The van der Waals surface area contributed by atoms with Gasteiger partial charge in [0.15, 0.2) is 49.6 Å². The molecule has 0 saturated carbocycles. The lowest BCUT2D eigenvalue weighted by Crippen LogP contribution is -2.71. The average molecular weight is 1210 g/mol. The Bertz CT molecular complexity index is 2530. The molecular weight excluding hydrogens is 1160 g/mol. The highest BCUT2D eigenvalue weighted by molar-refractivity contribution is 7.83. The number of carbonyl (C=O) groups excluding carboxylic acids is 1. The highest BCUT2D eigenvalue weighted by Crippen LogP contribution is 2.37. The van der Waals surface area contributed by atoms with Crippen LogP contribution in [-0.4, -0.2) is 273 Å². The van der Waals surface area contributed by atoms with Gasteiger partial charge in [-0.25, -0.2) is 26.3 Å². The van der Waals surface area contributed by atoms with Gasteiger partial charge in [0.1, 0.15) is 73.1 Å². The van der Waals surface area contributed by atoms with E-state index in [1.54, 1.807) is 0 Å². The number of carboxylic acids is 2. The number of hydrogen-bond donors (Lipinski definition) is 15. The lowest BCUT2D eigenvalue weighted by atomic mass is 9.94. The molecule has 0 aliphatic carbocycles. The van der Waals surface area contributed by atoms with Crippen LogP contribution in [0.4, 0.5) is 0 Å². The number of aliphatic carboxylic acids is 2. The Morgan fingerprint density at radius 3 is 1.45 bits per heavy atom. The van der Waals surface area contributed by atoms with Crippen molar-refractivity contribution in [3.05, 3.63) is 0 Å². The second kappa shape index (κ2) is 26.0. The zero-order chi connectivity index (χ0) is 56.9. The molecule has 40 nitrogen and oxygen atoms in total. The van der Waals surface area contributed by atoms with Gasteiger partial charge in [-0.15, -0.1) is 0 Å². The largest absolute Gasteiger partial charge is 0.479 e. The maximum Gasteiger partial charge on any atom is 0.397 e. The number of carboxylic acid groups (broad SMARTS) is 2. The van der Waals surface area contributed by atoms with E-state index in [0.29, 0.717) is 0 Å². The summed E-state index contributed by atoms with van der Waals surface area (Å²) in [5, 5.41) is 86.0. The summed E-state index contributed by atoms with van der Waals surface area (Å²) in [6, 6.07) is -4.96. The summed E-state index contributed by atoms with van der Waals surface area (Å²) in [6.07, 6.45) is -46.5. The Hall–Kier alpha value is -2.80. The van der Waals surface area contributed by atoms with Gasteiger partial charge in [-0.3, -0.25) is 27.6 Å². The summed E-state index contributed by atoms with van der Waals surface area (Å²) >= 11 is 0. The Morgan fingerprint density at radius 1 is 0.533 bits per heavy atom. The minimum absolute atomic E-state index is 0.840. The lowest BCUT2D eigenvalue weighted by Gasteiger charge is -2.50. The van der Waals surface area contributed by atoms with Crippen molar-refractivity contribution in [3.8, 4) is 0 Å². The van der Waals surface area contributed by atoms with Crippen LogP contribution < -0.4 is 10.0 Å². The predicted molar refractivity (Wildman–Crippen MR) is 221 cm³/mol. The van der Waals surface area contributed by atoms with E-state index >= 15 is 0 Å². The highest BCUT2D eigenvalue weighted by atomic mass is 32.3. The summed E-state index contributed by atoms with van der Waals surface area (Å²) in [6.45, 7) is -0.239. The Labute approximate surface area is 422 Å². The maximum atomic E-state index is 12.7. The first-order chi connectivity index (χ1) is 34.3. The van der Waals surface area contributed by atoms with Gasteiger partial charge in [0.25, 0.3) is 0 Å². The molecule has 0 unspecified atom stereocenters.